The lowest BCUT2D eigenvalue weighted by Crippen LogP contribution is -1.96. The third-order valence-corrected chi connectivity index (χ3v) is 3.45. The van der Waals surface area contributed by atoms with Crippen LogP contribution in [0.3, 0.4) is 0 Å². The molecule has 1 atom stereocenters. The standard InChI is InChI=1S/C17H15/c1-2-15-16-11-7-6-10-14(16)12-17(15)13-8-4-3-5-9-13/h3-11,15H,2H2,1H3. The molecule has 0 heterocycles. The van der Waals surface area contributed by atoms with E-state index in [1.54, 1.807) is 0 Å². The molecule has 0 nitrogen and oxygen atoms in total. The second-order valence-electron chi connectivity index (χ2n) is 4.45. The molecule has 0 heteroatoms. The van der Waals surface area contributed by atoms with Gasteiger partial charge in [-0.15, -0.1) is 0 Å². The maximum absolute atomic E-state index is 3.57. The highest BCUT2D eigenvalue weighted by atomic mass is 14.3. The fourth-order valence-electron chi connectivity index (χ4n) is 2.62. The van der Waals surface area contributed by atoms with Crippen molar-refractivity contribution in [3.05, 3.63) is 77.4 Å². The first kappa shape index (κ1) is 10.3. The van der Waals surface area contributed by atoms with Gasteiger partial charge in [0.1, 0.15) is 0 Å². The normalized spacial score (nSPS) is 17.7. The zero-order chi connectivity index (χ0) is 11.7. The van der Waals surface area contributed by atoms with E-state index in [4.69, 9.17) is 0 Å². The molecule has 0 bridgehead atoms. The molecule has 1 unspecified atom stereocenters. The van der Waals surface area contributed by atoms with Crippen molar-refractivity contribution >= 4 is 5.57 Å². The number of hydrogen-bond acceptors (Lipinski definition) is 0. The molecule has 83 valence electrons. The molecule has 0 aromatic heterocycles. The van der Waals surface area contributed by atoms with Gasteiger partial charge in [0.25, 0.3) is 0 Å². The molecule has 3 rings (SSSR count). The van der Waals surface area contributed by atoms with Crippen LogP contribution in [0.4, 0.5) is 0 Å². The summed E-state index contributed by atoms with van der Waals surface area (Å²) >= 11 is 0. The van der Waals surface area contributed by atoms with Gasteiger partial charge in [-0.1, -0.05) is 61.5 Å². The third-order valence-electron chi connectivity index (χ3n) is 3.45. The molecule has 1 aliphatic rings. The zero-order valence-electron chi connectivity index (χ0n) is 9.98. The van der Waals surface area contributed by atoms with Gasteiger partial charge in [0.2, 0.25) is 0 Å². The average molecular weight is 219 g/mol. The summed E-state index contributed by atoms with van der Waals surface area (Å²) in [6.07, 6.45) is 4.70. The van der Waals surface area contributed by atoms with E-state index in [0.29, 0.717) is 5.92 Å². The van der Waals surface area contributed by atoms with Crippen LogP contribution in [0.25, 0.3) is 5.57 Å². The fraction of sp³-hybridized carbons (Fsp3) is 0.176. The number of hydrogen-bond donors (Lipinski definition) is 0. The summed E-state index contributed by atoms with van der Waals surface area (Å²) in [5, 5.41) is 0. The molecule has 0 N–H and O–H groups in total. The molecule has 0 amide bonds. The maximum atomic E-state index is 3.57. The van der Waals surface area contributed by atoms with Gasteiger partial charge in [-0.3, -0.25) is 0 Å². The lowest BCUT2D eigenvalue weighted by Gasteiger charge is -2.14. The summed E-state index contributed by atoms with van der Waals surface area (Å²) in [5.74, 6) is 0.508. The van der Waals surface area contributed by atoms with E-state index in [-0.39, 0.29) is 0 Å². The van der Waals surface area contributed by atoms with Crippen molar-refractivity contribution in [3.63, 3.8) is 0 Å². The molecule has 0 aliphatic heterocycles. The minimum absolute atomic E-state index is 0.508. The number of benzene rings is 2. The summed E-state index contributed by atoms with van der Waals surface area (Å²) in [5.41, 5.74) is 5.33. The Balaban J connectivity index is 2.09. The fourth-order valence-corrected chi connectivity index (χ4v) is 2.62. The molecule has 17 heavy (non-hydrogen) atoms. The van der Waals surface area contributed by atoms with E-state index in [1.165, 1.54) is 22.3 Å². The minimum Gasteiger partial charge on any atom is -0.0645 e. The summed E-state index contributed by atoms with van der Waals surface area (Å²) < 4.78 is 0. The predicted molar refractivity (Wildman–Crippen MR) is 71.7 cm³/mol. The average Bonchev–Trinajstić information content (AvgIpc) is 2.78. The Labute approximate surface area is 103 Å². The van der Waals surface area contributed by atoms with Crippen LogP contribution in [-0.2, 0) is 0 Å². The summed E-state index contributed by atoms with van der Waals surface area (Å²) in [6.45, 7) is 2.25. The Morgan fingerprint density at radius 3 is 2.41 bits per heavy atom. The van der Waals surface area contributed by atoms with Crippen LogP contribution >= 0.6 is 0 Å². The second-order valence-corrected chi connectivity index (χ2v) is 4.45. The molecule has 1 radical (unpaired) electrons. The highest BCUT2D eigenvalue weighted by molar-refractivity contribution is 5.77. The number of fused-ring (bicyclic) bond motifs is 1. The first-order valence-electron chi connectivity index (χ1n) is 6.18. The summed E-state index contributed by atoms with van der Waals surface area (Å²) in [4.78, 5) is 0. The van der Waals surface area contributed by atoms with Crippen LogP contribution < -0.4 is 0 Å². The van der Waals surface area contributed by atoms with Crippen LogP contribution in [0.5, 0.6) is 0 Å². The minimum atomic E-state index is 0.508. The second kappa shape index (κ2) is 4.21. The SMILES string of the molecule is CCC1C(c2ccccc2)=[C]c2ccccc21. The van der Waals surface area contributed by atoms with E-state index in [0.717, 1.165) is 6.42 Å². The Bertz CT molecular complexity index is 549. The Kier molecular flexibility index (Phi) is 2.56. The third kappa shape index (κ3) is 1.70. The van der Waals surface area contributed by atoms with Crippen molar-refractivity contribution in [2.75, 3.05) is 0 Å². The number of allylic oxidation sites excluding steroid dienone is 1. The molecular formula is C17H15. The molecule has 2 aromatic carbocycles. The monoisotopic (exact) mass is 219 g/mol. The summed E-state index contributed by atoms with van der Waals surface area (Å²) in [6, 6.07) is 19.2. The van der Waals surface area contributed by atoms with Gasteiger partial charge in [0.05, 0.1) is 0 Å². The molecule has 0 fully saturated rings. The van der Waals surface area contributed by atoms with Gasteiger partial charge in [-0.25, -0.2) is 0 Å². The van der Waals surface area contributed by atoms with E-state index in [9.17, 15) is 0 Å². The quantitative estimate of drug-likeness (QED) is 0.701. The van der Waals surface area contributed by atoms with E-state index in [1.807, 2.05) is 0 Å². The van der Waals surface area contributed by atoms with Crippen LogP contribution in [0.2, 0.25) is 0 Å². The molecule has 0 spiro atoms. The molecule has 2 aromatic rings. The van der Waals surface area contributed by atoms with Crippen molar-refractivity contribution in [2.24, 2.45) is 0 Å². The lowest BCUT2D eigenvalue weighted by atomic mass is 9.89. The van der Waals surface area contributed by atoms with E-state index >= 15 is 0 Å². The highest BCUT2D eigenvalue weighted by Gasteiger charge is 2.24. The largest absolute Gasteiger partial charge is 0.0645 e. The predicted octanol–water partition coefficient (Wildman–Crippen LogP) is 4.43. The zero-order valence-corrected chi connectivity index (χ0v) is 9.98. The van der Waals surface area contributed by atoms with Gasteiger partial charge >= 0.3 is 0 Å². The smallest absolute Gasteiger partial charge is 0.0105 e. The summed E-state index contributed by atoms with van der Waals surface area (Å²) in [7, 11) is 0. The lowest BCUT2D eigenvalue weighted by molar-refractivity contribution is 0.833. The molecule has 0 saturated heterocycles. The number of rotatable bonds is 2. The first-order valence-corrected chi connectivity index (χ1v) is 6.18. The van der Waals surface area contributed by atoms with Crippen LogP contribution in [0.1, 0.15) is 36.0 Å². The van der Waals surface area contributed by atoms with Gasteiger partial charge in [-0.05, 0) is 34.8 Å². The molecular weight excluding hydrogens is 204 g/mol. The van der Waals surface area contributed by atoms with Gasteiger partial charge in [0.15, 0.2) is 0 Å². The topological polar surface area (TPSA) is 0 Å². The van der Waals surface area contributed by atoms with Gasteiger partial charge in [-0.2, -0.15) is 0 Å². The Hall–Kier alpha value is -1.82. The Morgan fingerprint density at radius 2 is 1.65 bits per heavy atom. The van der Waals surface area contributed by atoms with Crippen LogP contribution in [0.15, 0.2) is 54.6 Å². The molecule has 1 aliphatic carbocycles. The van der Waals surface area contributed by atoms with Crippen molar-refractivity contribution in [3.8, 4) is 0 Å². The van der Waals surface area contributed by atoms with E-state index in [2.05, 4.69) is 67.6 Å². The van der Waals surface area contributed by atoms with Gasteiger partial charge in [0, 0.05) is 5.92 Å². The molecule has 0 saturated carbocycles. The van der Waals surface area contributed by atoms with Crippen molar-refractivity contribution in [1.29, 1.82) is 0 Å². The maximum Gasteiger partial charge on any atom is 0.0105 e. The Morgan fingerprint density at radius 1 is 0.941 bits per heavy atom. The van der Waals surface area contributed by atoms with Crippen LogP contribution in [-0.4, -0.2) is 0 Å². The highest BCUT2D eigenvalue weighted by Crippen LogP contribution is 2.41. The van der Waals surface area contributed by atoms with Gasteiger partial charge < -0.3 is 0 Å². The van der Waals surface area contributed by atoms with E-state index < -0.39 is 0 Å². The van der Waals surface area contributed by atoms with Crippen molar-refractivity contribution < 1.29 is 0 Å². The first-order chi connectivity index (χ1) is 8.40. The van der Waals surface area contributed by atoms with Crippen LogP contribution in [0, 0.1) is 6.08 Å². The van der Waals surface area contributed by atoms with Crippen molar-refractivity contribution in [2.45, 2.75) is 19.3 Å². The van der Waals surface area contributed by atoms with Crippen molar-refractivity contribution in [1.82, 2.24) is 0 Å².